The molecule has 3 rings (SSSR count). The summed E-state index contributed by atoms with van der Waals surface area (Å²) in [6, 6.07) is 11.1. The van der Waals surface area contributed by atoms with Crippen molar-refractivity contribution in [3.05, 3.63) is 82.1 Å². The zero-order valence-electron chi connectivity index (χ0n) is 15.8. The highest BCUT2D eigenvalue weighted by molar-refractivity contribution is 9.10. The number of pyridine rings is 1. The quantitative estimate of drug-likeness (QED) is 0.603. The van der Waals surface area contributed by atoms with Crippen LogP contribution in [0, 0.1) is 0 Å². The van der Waals surface area contributed by atoms with Gasteiger partial charge in [0.2, 0.25) is 0 Å². The maximum atomic E-state index is 10.2. The average Bonchev–Trinajstić information content (AvgIpc) is 2.68. The van der Waals surface area contributed by atoms with E-state index in [0.29, 0.717) is 19.2 Å². The molecule has 2 N–H and O–H groups in total. The number of allylic oxidation sites excluding steroid dienone is 2. The highest BCUT2D eigenvalue weighted by atomic mass is 79.9. The number of aromatic hydroxyl groups is 1. The number of hydrogen-bond acceptors (Lipinski definition) is 4. The van der Waals surface area contributed by atoms with Gasteiger partial charge in [0.25, 0.3) is 0 Å². The molecule has 0 radical (unpaired) electrons. The SMILES string of the molecule is C=C(C)C1=CCB(O)OC1CC/C(=C/c1cc(Br)ccc1O)c1ccccn1. The Labute approximate surface area is 174 Å². The van der Waals surface area contributed by atoms with Gasteiger partial charge in [0.15, 0.2) is 0 Å². The lowest BCUT2D eigenvalue weighted by atomic mass is 9.78. The van der Waals surface area contributed by atoms with Gasteiger partial charge in [-0.1, -0.05) is 40.2 Å². The van der Waals surface area contributed by atoms with Crippen LogP contribution in [-0.2, 0) is 4.65 Å². The van der Waals surface area contributed by atoms with E-state index >= 15 is 0 Å². The van der Waals surface area contributed by atoms with Gasteiger partial charge in [-0.15, -0.1) is 0 Å². The van der Waals surface area contributed by atoms with E-state index in [-0.39, 0.29) is 11.9 Å². The van der Waals surface area contributed by atoms with Gasteiger partial charge >= 0.3 is 7.12 Å². The molecule has 1 atom stereocenters. The van der Waals surface area contributed by atoms with E-state index in [1.54, 1.807) is 18.3 Å². The van der Waals surface area contributed by atoms with Gasteiger partial charge < -0.3 is 14.8 Å². The largest absolute Gasteiger partial charge is 0.507 e. The number of rotatable bonds is 6. The van der Waals surface area contributed by atoms with Crippen LogP contribution in [0.15, 0.2) is 70.9 Å². The third-order valence-corrected chi connectivity index (χ3v) is 5.18. The number of phenols is 1. The number of aromatic nitrogens is 1. The molecule has 0 spiro atoms. The number of nitrogens with zero attached hydrogens (tertiary/aromatic N) is 1. The summed E-state index contributed by atoms with van der Waals surface area (Å²) in [4.78, 5) is 4.48. The van der Waals surface area contributed by atoms with Crippen LogP contribution < -0.4 is 0 Å². The van der Waals surface area contributed by atoms with Crippen molar-refractivity contribution in [1.29, 1.82) is 0 Å². The molecule has 0 aliphatic carbocycles. The van der Waals surface area contributed by atoms with Crippen molar-refractivity contribution in [1.82, 2.24) is 4.98 Å². The van der Waals surface area contributed by atoms with E-state index in [4.69, 9.17) is 4.65 Å². The van der Waals surface area contributed by atoms with Crippen LogP contribution in [0.4, 0.5) is 0 Å². The van der Waals surface area contributed by atoms with E-state index in [0.717, 1.165) is 32.4 Å². The molecule has 2 aromatic rings. The first-order valence-electron chi connectivity index (χ1n) is 9.24. The van der Waals surface area contributed by atoms with E-state index < -0.39 is 7.12 Å². The summed E-state index contributed by atoms with van der Waals surface area (Å²) in [5, 5.41) is 20.1. The Morgan fingerprint density at radius 3 is 2.93 bits per heavy atom. The first-order valence-corrected chi connectivity index (χ1v) is 10.0. The topological polar surface area (TPSA) is 62.6 Å². The highest BCUT2D eigenvalue weighted by Gasteiger charge is 2.27. The van der Waals surface area contributed by atoms with Crippen molar-refractivity contribution in [3.8, 4) is 5.75 Å². The fraction of sp³-hybridized carbons (Fsp3) is 0.227. The van der Waals surface area contributed by atoms with Gasteiger partial charge in [-0.05, 0) is 67.3 Å². The molecule has 1 aromatic carbocycles. The average molecular weight is 440 g/mol. The fourth-order valence-corrected chi connectivity index (χ4v) is 3.67. The molecule has 0 saturated carbocycles. The smallest absolute Gasteiger partial charge is 0.458 e. The molecule has 144 valence electrons. The monoisotopic (exact) mass is 439 g/mol. The standard InChI is InChI=1S/C22H23BBrNO3/c1-15(2)19-10-11-23(27)28-22(19)9-6-16(20-5-3-4-12-25-20)13-17-14-18(24)7-8-21(17)26/h3-5,7-8,10,12-14,22,26-27H,1,6,9,11H2,2H3/b16-13-. The number of hydrogen-bond donors (Lipinski definition) is 2. The maximum Gasteiger partial charge on any atom is 0.458 e. The number of benzene rings is 1. The molecule has 1 aliphatic rings. The third kappa shape index (κ3) is 5.22. The molecule has 28 heavy (non-hydrogen) atoms. The summed E-state index contributed by atoms with van der Waals surface area (Å²) in [5.74, 6) is 0.212. The predicted octanol–water partition coefficient (Wildman–Crippen LogP) is 5.25. The van der Waals surface area contributed by atoms with Crippen molar-refractivity contribution in [2.45, 2.75) is 32.2 Å². The van der Waals surface area contributed by atoms with Crippen LogP contribution in [0.1, 0.15) is 31.0 Å². The molecule has 1 unspecified atom stereocenters. The zero-order chi connectivity index (χ0) is 20.1. The Balaban J connectivity index is 1.89. The van der Waals surface area contributed by atoms with Crippen LogP contribution in [-0.4, -0.2) is 28.3 Å². The highest BCUT2D eigenvalue weighted by Crippen LogP contribution is 2.32. The number of phenolic OH excluding ortho intramolecular Hbond substituents is 1. The summed E-state index contributed by atoms with van der Waals surface area (Å²) < 4.78 is 6.65. The van der Waals surface area contributed by atoms with Gasteiger partial charge in [-0.2, -0.15) is 0 Å². The fourth-order valence-electron chi connectivity index (χ4n) is 3.29. The van der Waals surface area contributed by atoms with Gasteiger partial charge in [-0.25, -0.2) is 0 Å². The van der Waals surface area contributed by atoms with Crippen molar-refractivity contribution >= 4 is 34.7 Å². The molecular weight excluding hydrogens is 417 g/mol. The minimum atomic E-state index is -0.787. The second kappa shape index (κ2) is 9.37. The molecule has 0 saturated heterocycles. The molecule has 0 amide bonds. The number of halogens is 1. The molecule has 2 heterocycles. The summed E-state index contributed by atoms with van der Waals surface area (Å²) in [5.41, 5.74) is 4.54. The van der Waals surface area contributed by atoms with Crippen LogP contribution in [0.25, 0.3) is 11.6 Å². The van der Waals surface area contributed by atoms with E-state index in [1.807, 2.05) is 43.3 Å². The Morgan fingerprint density at radius 1 is 1.39 bits per heavy atom. The van der Waals surface area contributed by atoms with Crippen molar-refractivity contribution < 1.29 is 14.8 Å². The first-order chi connectivity index (χ1) is 13.4. The van der Waals surface area contributed by atoms with Crippen molar-refractivity contribution in [2.75, 3.05) is 0 Å². The molecule has 1 aliphatic heterocycles. The van der Waals surface area contributed by atoms with Crippen LogP contribution in [0.3, 0.4) is 0 Å². The lowest BCUT2D eigenvalue weighted by Gasteiger charge is -2.27. The molecule has 1 aromatic heterocycles. The zero-order valence-corrected chi connectivity index (χ0v) is 17.4. The van der Waals surface area contributed by atoms with Gasteiger partial charge in [0.05, 0.1) is 11.8 Å². The predicted molar refractivity (Wildman–Crippen MR) is 118 cm³/mol. The minimum absolute atomic E-state index is 0.212. The second-order valence-corrected chi connectivity index (χ2v) is 7.80. The Bertz CT molecular complexity index is 911. The summed E-state index contributed by atoms with van der Waals surface area (Å²) in [6.45, 7) is 5.99. The van der Waals surface area contributed by atoms with Gasteiger partial charge in [0, 0.05) is 22.6 Å². The Morgan fingerprint density at radius 2 is 2.21 bits per heavy atom. The summed E-state index contributed by atoms with van der Waals surface area (Å²) in [7, 11) is -0.787. The normalized spacial score (nSPS) is 17.4. The van der Waals surface area contributed by atoms with Crippen molar-refractivity contribution in [2.24, 2.45) is 0 Å². The lowest BCUT2D eigenvalue weighted by Crippen LogP contribution is -2.31. The van der Waals surface area contributed by atoms with E-state index in [2.05, 4.69) is 27.5 Å². The van der Waals surface area contributed by atoms with Gasteiger partial charge in [0.1, 0.15) is 5.75 Å². The molecule has 0 fully saturated rings. The maximum absolute atomic E-state index is 10.2. The van der Waals surface area contributed by atoms with Crippen LogP contribution in [0.5, 0.6) is 5.75 Å². The molecule has 6 heteroatoms. The van der Waals surface area contributed by atoms with Gasteiger partial charge in [-0.3, -0.25) is 4.98 Å². The first kappa shape index (κ1) is 20.6. The van der Waals surface area contributed by atoms with Crippen LogP contribution >= 0.6 is 15.9 Å². The summed E-state index contributed by atoms with van der Waals surface area (Å²) >= 11 is 3.45. The van der Waals surface area contributed by atoms with E-state index in [9.17, 15) is 10.1 Å². The van der Waals surface area contributed by atoms with Crippen LogP contribution in [0.2, 0.25) is 6.32 Å². The lowest BCUT2D eigenvalue weighted by molar-refractivity contribution is 0.184. The Kier molecular flexibility index (Phi) is 6.89. The molecule has 0 bridgehead atoms. The van der Waals surface area contributed by atoms with Crippen molar-refractivity contribution in [3.63, 3.8) is 0 Å². The second-order valence-electron chi connectivity index (χ2n) is 6.88. The summed E-state index contributed by atoms with van der Waals surface area (Å²) in [6.07, 6.45) is 7.32. The van der Waals surface area contributed by atoms with E-state index in [1.165, 1.54) is 0 Å². The molecule has 4 nitrogen and oxygen atoms in total. The minimum Gasteiger partial charge on any atom is -0.507 e. The Hall–Kier alpha value is -2.15. The third-order valence-electron chi connectivity index (χ3n) is 4.69. The molecular formula is C22H23BBrNO3.